The number of likely N-dealkylation sites (tertiary alicyclic amines) is 1. The highest BCUT2D eigenvalue weighted by Crippen LogP contribution is 2.34. The van der Waals surface area contributed by atoms with E-state index in [-0.39, 0.29) is 18.7 Å². The van der Waals surface area contributed by atoms with Crippen LogP contribution in [0.3, 0.4) is 0 Å². The first-order valence-corrected chi connectivity index (χ1v) is 11.2. The van der Waals surface area contributed by atoms with E-state index in [1.807, 2.05) is 31.2 Å². The van der Waals surface area contributed by atoms with Gasteiger partial charge in [-0.2, -0.15) is 0 Å². The second-order valence-corrected chi connectivity index (χ2v) is 9.06. The van der Waals surface area contributed by atoms with Crippen LogP contribution >= 0.6 is 11.3 Å². The topological polar surface area (TPSA) is 63.7 Å². The summed E-state index contributed by atoms with van der Waals surface area (Å²) in [6.45, 7) is 4.50. The van der Waals surface area contributed by atoms with E-state index in [0.29, 0.717) is 12.5 Å². The highest BCUT2D eigenvalue weighted by molar-refractivity contribution is 7.18. The molecule has 3 aromatic rings. The van der Waals surface area contributed by atoms with Gasteiger partial charge in [-0.3, -0.25) is 9.69 Å². The molecule has 0 bridgehead atoms. The molecule has 1 N–H and O–H groups in total. The molecule has 1 fully saturated rings. The zero-order valence-electron chi connectivity index (χ0n) is 17.0. The second-order valence-electron chi connectivity index (χ2n) is 8.00. The van der Waals surface area contributed by atoms with Gasteiger partial charge in [0, 0.05) is 12.5 Å². The fraction of sp³-hybridized carbons (Fsp3) is 0.391. The molecular formula is C23H25N3O3S. The predicted octanol–water partition coefficient (Wildman–Crippen LogP) is 4.08. The molecule has 1 saturated heterocycles. The van der Waals surface area contributed by atoms with Crippen molar-refractivity contribution in [2.45, 2.75) is 31.7 Å². The molecule has 2 aromatic carbocycles. The number of para-hydroxylation sites is 1. The maximum Gasteiger partial charge on any atom is 0.234 e. The number of piperidine rings is 1. The number of amides is 1. The third-order valence-electron chi connectivity index (χ3n) is 5.81. The summed E-state index contributed by atoms with van der Waals surface area (Å²) in [6.07, 6.45) is 2.22. The summed E-state index contributed by atoms with van der Waals surface area (Å²) in [7, 11) is 0. The van der Waals surface area contributed by atoms with Crippen LogP contribution in [0.5, 0.6) is 11.5 Å². The van der Waals surface area contributed by atoms with E-state index in [1.165, 1.54) is 9.71 Å². The van der Waals surface area contributed by atoms with Gasteiger partial charge in [-0.25, -0.2) is 4.98 Å². The molecular weight excluding hydrogens is 398 g/mol. The summed E-state index contributed by atoms with van der Waals surface area (Å²) in [4.78, 5) is 19.8. The van der Waals surface area contributed by atoms with E-state index in [9.17, 15) is 4.79 Å². The van der Waals surface area contributed by atoms with Gasteiger partial charge in [-0.05, 0) is 56.1 Å². The third kappa shape index (κ3) is 4.00. The number of fused-ring (bicyclic) bond motifs is 2. The summed E-state index contributed by atoms with van der Waals surface area (Å²) in [5.41, 5.74) is 2.09. The van der Waals surface area contributed by atoms with Crippen molar-refractivity contribution in [3.8, 4) is 11.5 Å². The van der Waals surface area contributed by atoms with Gasteiger partial charge in [0.2, 0.25) is 12.7 Å². The van der Waals surface area contributed by atoms with Crippen LogP contribution in [0.2, 0.25) is 0 Å². The molecule has 0 radical (unpaired) electrons. The first-order valence-electron chi connectivity index (χ1n) is 10.4. The Kier molecular flexibility index (Phi) is 5.31. The van der Waals surface area contributed by atoms with Gasteiger partial charge in [0.25, 0.3) is 0 Å². The number of nitrogens with one attached hydrogen (secondary N) is 1. The van der Waals surface area contributed by atoms with Gasteiger partial charge in [0.15, 0.2) is 11.5 Å². The molecule has 2 atom stereocenters. The molecule has 6 nitrogen and oxygen atoms in total. The third-order valence-corrected chi connectivity index (χ3v) is 7.01. The molecule has 1 amide bonds. The molecule has 2 aliphatic rings. The van der Waals surface area contributed by atoms with Crippen LogP contribution in [0.1, 0.15) is 42.3 Å². The molecule has 7 heteroatoms. The lowest BCUT2D eigenvalue weighted by molar-refractivity contribution is -0.123. The molecule has 2 aliphatic heterocycles. The molecule has 156 valence electrons. The highest BCUT2D eigenvalue weighted by Gasteiger charge is 2.26. The molecule has 5 rings (SSSR count). The SMILES string of the molecule is C[C@H](NC(=O)CN1CCC[C@H](c2nc3ccccc3s2)C1)c1ccc2c(c1)OCO2. The number of hydrogen-bond donors (Lipinski definition) is 1. The number of thiazole rings is 1. The Hall–Kier alpha value is -2.64. The van der Waals surface area contributed by atoms with Crippen LogP contribution < -0.4 is 14.8 Å². The molecule has 0 saturated carbocycles. The standard InChI is InChI=1S/C23H25N3O3S/c1-15(16-8-9-19-20(11-16)29-14-28-19)24-22(27)13-26-10-4-5-17(12-26)23-25-18-6-2-3-7-21(18)30-23/h2-3,6-9,11,15,17H,4-5,10,12-14H2,1H3,(H,24,27)/t15-,17-/m0/s1. The van der Waals surface area contributed by atoms with E-state index in [0.717, 1.165) is 48.5 Å². The Balaban J connectivity index is 1.19. The smallest absolute Gasteiger partial charge is 0.234 e. The van der Waals surface area contributed by atoms with Crippen molar-refractivity contribution in [1.82, 2.24) is 15.2 Å². The maximum absolute atomic E-state index is 12.7. The lowest BCUT2D eigenvalue weighted by Gasteiger charge is -2.31. The Morgan fingerprint density at radius 3 is 3.03 bits per heavy atom. The Morgan fingerprint density at radius 1 is 1.27 bits per heavy atom. The first kappa shape index (κ1) is 19.3. The Labute approximate surface area is 179 Å². The van der Waals surface area contributed by atoms with E-state index in [2.05, 4.69) is 28.4 Å². The van der Waals surface area contributed by atoms with Crippen molar-refractivity contribution in [1.29, 1.82) is 0 Å². The quantitative estimate of drug-likeness (QED) is 0.670. The van der Waals surface area contributed by atoms with E-state index < -0.39 is 0 Å². The largest absolute Gasteiger partial charge is 0.454 e. The van der Waals surface area contributed by atoms with Crippen molar-refractivity contribution >= 4 is 27.5 Å². The highest BCUT2D eigenvalue weighted by atomic mass is 32.1. The van der Waals surface area contributed by atoms with Gasteiger partial charge >= 0.3 is 0 Å². The fourth-order valence-corrected chi connectivity index (χ4v) is 5.31. The van der Waals surface area contributed by atoms with Crippen molar-refractivity contribution in [3.05, 3.63) is 53.0 Å². The van der Waals surface area contributed by atoms with Gasteiger partial charge < -0.3 is 14.8 Å². The normalized spacial score (nSPS) is 19.7. The minimum absolute atomic E-state index is 0.0464. The second kappa shape index (κ2) is 8.24. The number of rotatable bonds is 5. The number of hydrogen-bond acceptors (Lipinski definition) is 6. The molecule has 30 heavy (non-hydrogen) atoms. The van der Waals surface area contributed by atoms with Crippen LogP contribution in [0, 0.1) is 0 Å². The Morgan fingerprint density at radius 2 is 2.13 bits per heavy atom. The molecule has 0 unspecified atom stereocenters. The summed E-state index contributed by atoms with van der Waals surface area (Å²) in [5, 5.41) is 4.31. The van der Waals surface area contributed by atoms with Crippen LogP contribution in [-0.2, 0) is 4.79 Å². The van der Waals surface area contributed by atoms with E-state index >= 15 is 0 Å². The summed E-state index contributed by atoms with van der Waals surface area (Å²) in [6, 6.07) is 14.0. The first-order chi connectivity index (χ1) is 14.7. The van der Waals surface area contributed by atoms with Gasteiger partial charge in [0.1, 0.15) is 0 Å². The zero-order valence-corrected chi connectivity index (χ0v) is 17.8. The Bertz CT molecular complexity index is 1030. The lowest BCUT2D eigenvalue weighted by Crippen LogP contribution is -2.42. The number of aromatic nitrogens is 1. The van der Waals surface area contributed by atoms with Gasteiger partial charge in [0.05, 0.1) is 27.8 Å². The van der Waals surface area contributed by atoms with E-state index in [4.69, 9.17) is 14.5 Å². The number of benzene rings is 2. The minimum atomic E-state index is -0.0863. The van der Waals surface area contributed by atoms with Gasteiger partial charge in [-0.1, -0.05) is 18.2 Å². The van der Waals surface area contributed by atoms with Crippen LogP contribution in [-0.4, -0.2) is 42.2 Å². The van der Waals surface area contributed by atoms with Crippen LogP contribution in [0.25, 0.3) is 10.2 Å². The minimum Gasteiger partial charge on any atom is -0.454 e. The number of carbonyl (C=O) groups excluding carboxylic acids is 1. The predicted molar refractivity (Wildman–Crippen MR) is 117 cm³/mol. The molecule has 0 aliphatic carbocycles. The summed E-state index contributed by atoms with van der Waals surface area (Å²) < 4.78 is 12.0. The van der Waals surface area contributed by atoms with Crippen LogP contribution in [0.15, 0.2) is 42.5 Å². The number of ether oxygens (including phenoxy) is 2. The summed E-state index contributed by atoms with van der Waals surface area (Å²) in [5.74, 6) is 1.94. The fourth-order valence-electron chi connectivity index (χ4n) is 4.22. The maximum atomic E-state index is 12.7. The van der Waals surface area contributed by atoms with E-state index in [1.54, 1.807) is 11.3 Å². The average molecular weight is 424 g/mol. The van der Waals surface area contributed by atoms with Crippen molar-refractivity contribution < 1.29 is 14.3 Å². The van der Waals surface area contributed by atoms with Gasteiger partial charge in [-0.15, -0.1) is 11.3 Å². The number of nitrogens with zero attached hydrogens (tertiary/aromatic N) is 2. The van der Waals surface area contributed by atoms with Crippen molar-refractivity contribution in [2.24, 2.45) is 0 Å². The average Bonchev–Trinajstić information content (AvgIpc) is 3.40. The monoisotopic (exact) mass is 423 g/mol. The molecule has 3 heterocycles. The van der Waals surface area contributed by atoms with Crippen molar-refractivity contribution in [3.63, 3.8) is 0 Å². The summed E-state index contributed by atoms with van der Waals surface area (Å²) >= 11 is 1.78. The van der Waals surface area contributed by atoms with Crippen molar-refractivity contribution in [2.75, 3.05) is 26.4 Å². The molecule has 1 aromatic heterocycles. The zero-order chi connectivity index (χ0) is 20.5. The molecule has 0 spiro atoms. The number of carbonyl (C=O) groups is 1. The lowest BCUT2D eigenvalue weighted by atomic mass is 9.98. The van der Waals surface area contributed by atoms with Crippen LogP contribution in [0.4, 0.5) is 0 Å².